The van der Waals surface area contributed by atoms with Gasteiger partial charge >= 0.3 is 6.36 Å². The second kappa shape index (κ2) is 5.46. The Morgan fingerprint density at radius 2 is 1.90 bits per heavy atom. The smallest absolute Gasteiger partial charge is 0.404 e. The minimum atomic E-state index is -5.25. The largest absolute Gasteiger partial charge is 0.573 e. The molecule has 0 saturated carbocycles. The fraction of sp³-hybridized carbons (Fsp3) is 0.375. The zero-order chi connectivity index (χ0) is 15.7. The van der Waals surface area contributed by atoms with Gasteiger partial charge in [-0.2, -0.15) is 0 Å². The molecule has 1 aromatic heterocycles. The zero-order valence-electron chi connectivity index (χ0n) is 9.49. The van der Waals surface area contributed by atoms with Crippen LogP contribution in [0.1, 0.15) is 17.6 Å². The molecule has 6 nitrogen and oxygen atoms in total. The Hall–Kier alpha value is -1.53. The topological polar surface area (TPSA) is 108 Å². The Labute approximate surface area is 109 Å². The third kappa shape index (κ3) is 3.74. The van der Waals surface area contributed by atoms with E-state index in [-0.39, 0.29) is 6.20 Å². The fourth-order valence-electron chi connectivity index (χ4n) is 1.42. The van der Waals surface area contributed by atoms with Crippen LogP contribution < -0.4 is 15.6 Å². The highest BCUT2D eigenvalue weighted by Gasteiger charge is 2.35. The molecule has 12 heteroatoms. The number of nitrogens with two attached hydrogens (primary N) is 2. The summed E-state index contributed by atoms with van der Waals surface area (Å²) in [5, 5.41) is 3.70. The molecular formula is C8H8F5N3O3S. The Morgan fingerprint density at radius 1 is 1.35 bits per heavy atom. The Kier molecular flexibility index (Phi) is 4.51. The second-order valence-corrected chi connectivity index (χ2v) is 4.89. The van der Waals surface area contributed by atoms with E-state index in [9.17, 15) is 30.4 Å². The van der Waals surface area contributed by atoms with Crippen molar-refractivity contribution in [1.82, 2.24) is 4.98 Å². The van der Waals surface area contributed by atoms with E-state index >= 15 is 0 Å². The number of ether oxygens (including phenoxy) is 1. The van der Waals surface area contributed by atoms with E-state index in [2.05, 4.69) is 9.72 Å². The molecule has 0 radical (unpaired) electrons. The van der Waals surface area contributed by atoms with E-state index in [4.69, 9.17) is 10.9 Å². The van der Waals surface area contributed by atoms with E-state index < -0.39 is 51.3 Å². The SMILES string of the molecule is NCc1c(S(N)(=O)=O)ncc(OC(F)(F)F)c1C(F)F. The van der Waals surface area contributed by atoms with Gasteiger partial charge in [0.2, 0.25) is 0 Å². The monoisotopic (exact) mass is 321 g/mol. The van der Waals surface area contributed by atoms with Crippen molar-refractivity contribution in [3.8, 4) is 5.75 Å². The van der Waals surface area contributed by atoms with Crippen LogP contribution in [0.2, 0.25) is 0 Å². The summed E-state index contributed by atoms with van der Waals surface area (Å²) in [4.78, 5) is 3.10. The second-order valence-electron chi connectivity index (χ2n) is 3.42. The number of primary sulfonamides is 1. The van der Waals surface area contributed by atoms with Crippen LogP contribution in [0.25, 0.3) is 0 Å². The lowest BCUT2D eigenvalue weighted by Gasteiger charge is -2.16. The van der Waals surface area contributed by atoms with Gasteiger partial charge in [-0.25, -0.2) is 27.3 Å². The van der Waals surface area contributed by atoms with Gasteiger partial charge in [0.05, 0.1) is 11.8 Å². The Morgan fingerprint density at radius 3 is 2.25 bits per heavy atom. The average molecular weight is 321 g/mol. The molecule has 114 valence electrons. The fourth-order valence-corrected chi connectivity index (χ4v) is 2.15. The maximum atomic E-state index is 12.9. The van der Waals surface area contributed by atoms with Gasteiger partial charge < -0.3 is 10.5 Å². The Balaban J connectivity index is 3.59. The van der Waals surface area contributed by atoms with Crippen LogP contribution in [0.3, 0.4) is 0 Å². The maximum Gasteiger partial charge on any atom is 0.573 e. The molecule has 0 atom stereocenters. The number of sulfonamides is 1. The molecule has 0 aliphatic carbocycles. The minimum absolute atomic E-state index is 0.202. The maximum absolute atomic E-state index is 12.9. The van der Waals surface area contributed by atoms with Gasteiger partial charge in [-0.05, 0) is 0 Å². The number of halogens is 5. The summed E-state index contributed by atoms with van der Waals surface area (Å²) in [6.07, 6.45) is -8.51. The molecule has 0 aliphatic rings. The van der Waals surface area contributed by atoms with Gasteiger partial charge in [-0.1, -0.05) is 0 Å². The first-order chi connectivity index (χ1) is 8.97. The first kappa shape index (κ1) is 16.5. The lowest BCUT2D eigenvalue weighted by Crippen LogP contribution is -2.23. The van der Waals surface area contributed by atoms with Gasteiger partial charge in [0, 0.05) is 12.1 Å². The van der Waals surface area contributed by atoms with Crippen LogP contribution in [-0.2, 0) is 16.6 Å². The van der Waals surface area contributed by atoms with Crippen LogP contribution in [0.4, 0.5) is 22.0 Å². The molecule has 1 rings (SSSR count). The average Bonchev–Trinajstić information content (AvgIpc) is 2.23. The quantitative estimate of drug-likeness (QED) is 0.805. The van der Waals surface area contributed by atoms with Crippen molar-refractivity contribution in [2.45, 2.75) is 24.4 Å². The number of hydrogen-bond acceptors (Lipinski definition) is 5. The van der Waals surface area contributed by atoms with Crippen LogP contribution in [0, 0.1) is 0 Å². The first-order valence-electron chi connectivity index (χ1n) is 4.76. The van der Waals surface area contributed by atoms with E-state index in [0.717, 1.165) is 0 Å². The molecule has 1 aromatic rings. The number of aromatic nitrogens is 1. The Bertz CT molecular complexity index is 602. The number of alkyl halides is 5. The van der Waals surface area contributed by atoms with Crippen molar-refractivity contribution in [3.63, 3.8) is 0 Å². The molecule has 1 heterocycles. The minimum Gasteiger partial charge on any atom is -0.404 e. The van der Waals surface area contributed by atoms with Crippen LogP contribution in [0.5, 0.6) is 5.75 Å². The van der Waals surface area contributed by atoms with Crippen LogP contribution in [-0.4, -0.2) is 19.8 Å². The summed E-state index contributed by atoms with van der Waals surface area (Å²) in [5.41, 5.74) is 2.94. The predicted octanol–water partition coefficient (Wildman–Crippen LogP) is 1.02. The molecule has 0 unspecified atom stereocenters. The molecule has 0 fully saturated rings. The first-order valence-corrected chi connectivity index (χ1v) is 6.30. The number of pyridine rings is 1. The standard InChI is InChI=1S/C8H8F5N3O3S/c9-6(10)5-3(1-14)7(20(15,17)18)16-2-4(5)19-8(11,12)13/h2,6H,1,14H2,(H2,15,17,18). The molecule has 0 bridgehead atoms. The van der Waals surface area contributed by atoms with E-state index in [1.165, 1.54) is 0 Å². The molecule has 0 saturated heterocycles. The highest BCUT2D eigenvalue weighted by Crippen LogP contribution is 2.36. The summed E-state index contributed by atoms with van der Waals surface area (Å²) in [6.45, 7) is -0.812. The predicted molar refractivity (Wildman–Crippen MR) is 55.1 cm³/mol. The van der Waals surface area contributed by atoms with Crippen molar-refractivity contribution in [1.29, 1.82) is 0 Å². The van der Waals surface area contributed by atoms with Crippen molar-refractivity contribution >= 4 is 10.0 Å². The third-order valence-electron chi connectivity index (χ3n) is 2.07. The summed E-state index contributed by atoms with van der Waals surface area (Å²) >= 11 is 0. The van der Waals surface area contributed by atoms with Crippen molar-refractivity contribution in [2.24, 2.45) is 10.9 Å². The van der Waals surface area contributed by atoms with Crippen LogP contribution in [0.15, 0.2) is 11.2 Å². The number of nitrogens with zero attached hydrogens (tertiary/aromatic N) is 1. The summed E-state index contributed by atoms with van der Waals surface area (Å²) < 4.78 is 87.6. The van der Waals surface area contributed by atoms with Gasteiger partial charge in [-0.15, -0.1) is 13.2 Å². The van der Waals surface area contributed by atoms with E-state index in [1.807, 2.05) is 0 Å². The molecule has 0 aliphatic heterocycles. The molecule has 4 N–H and O–H groups in total. The lowest BCUT2D eigenvalue weighted by atomic mass is 10.1. The number of rotatable bonds is 4. The zero-order valence-corrected chi connectivity index (χ0v) is 10.3. The summed E-state index contributed by atoms with van der Waals surface area (Å²) in [7, 11) is -4.52. The van der Waals surface area contributed by atoms with Crippen molar-refractivity contribution < 1.29 is 35.1 Å². The van der Waals surface area contributed by atoms with Crippen LogP contribution >= 0.6 is 0 Å². The van der Waals surface area contributed by atoms with Crippen molar-refractivity contribution in [2.75, 3.05) is 0 Å². The summed E-state index contributed by atoms with van der Waals surface area (Å²) in [6, 6.07) is 0. The van der Waals surface area contributed by atoms with Gasteiger partial charge in [0.15, 0.2) is 10.8 Å². The normalized spacial score (nSPS) is 12.8. The van der Waals surface area contributed by atoms with E-state index in [0.29, 0.717) is 0 Å². The van der Waals surface area contributed by atoms with Gasteiger partial charge in [0.25, 0.3) is 16.4 Å². The molecule has 0 aromatic carbocycles. The van der Waals surface area contributed by atoms with Gasteiger partial charge in [-0.3, -0.25) is 0 Å². The summed E-state index contributed by atoms with van der Waals surface area (Å²) in [5.74, 6) is -1.33. The number of hydrogen-bond donors (Lipinski definition) is 2. The highest BCUT2D eigenvalue weighted by molar-refractivity contribution is 7.89. The highest BCUT2D eigenvalue weighted by atomic mass is 32.2. The third-order valence-corrected chi connectivity index (χ3v) is 2.96. The van der Waals surface area contributed by atoms with Gasteiger partial charge in [0.1, 0.15) is 0 Å². The van der Waals surface area contributed by atoms with Crippen molar-refractivity contribution in [3.05, 3.63) is 17.3 Å². The molecule has 0 amide bonds. The molecular weight excluding hydrogens is 313 g/mol. The lowest BCUT2D eigenvalue weighted by molar-refractivity contribution is -0.275. The molecule has 0 spiro atoms. The molecule has 20 heavy (non-hydrogen) atoms. The van der Waals surface area contributed by atoms with E-state index in [1.54, 1.807) is 0 Å².